The molecular weight excluding hydrogens is 394 g/mol. The summed E-state index contributed by atoms with van der Waals surface area (Å²) in [5, 5.41) is 9.34. The zero-order valence-corrected chi connectivity index (χ0v) is 17.2. The van der Waals surface area contributed by atoms with E-state index in [9.17, 15) is 23.1 Å². The highest BCUT2D eigenvalue weighted by Crippen LogP contribution is 2.41. The highest BCUT2D eigenvalue weighted by molar-refractivity contribution is 7.89. The Balaban J connectivity index is 1.76. The first-order valence-corrected chi connectivity index (χ1v) is 11.8. The van der Waals surface area contributed by atoms with Crippen LogP contribution in [0.4, 0.5) is 11.4 Å². The van der Waals surface area contributed by atoms with Crippen LogP contribution >= 0.6 is 0 Å². The van der Waals surface area contributed by atoms with Crippen LogP contribution in [0.2, 0.25) is 0 Å². The van der Waals surface area contributed by atoms with Crippen LogP contribution in [0.25, 0.3) is 0 Å². The lowest BCUT2D eigenvalue weighted by Gasteiger charge is -2.45. The standard InChI is InChI=1S/C20H27N3O5S/c24-19(25)14-23-18-13-15(29(27,28)21-10-4-1-2-5-11-21)8-9-16(18)22-12-6-3-7-17(22)20(23)26/h8-9,13,17H,1-7,10-12,14H2,(H,24,25). The summed E-state index contributed by atoms with van der Waals surface area (Å²) < 4.78 is 27.9. The Morgan fingerprint density at radius 3 is 2.38 bits per heavy atom. The number of benzene rings is 1. The van der Waals surface area contributed by atoms with Crippen LogP contribution in [0.15, 0.2) is 23.1 Å². The Morgan fingerprint density at radius 1 is 1.00 bits per heavy atom. The molecule has 9 heteroatoms. The van der Waals surface area contributed by atoms with E-state index in [0.717, 1.165) is 44.2 Å². The SMILES string of the molecule is O=C(O)CN1C(=O)C2CCCCN2c2ccc(S(=O)(=O)N3CCCCCC3)cc21. The van der Waals surface area contributed by atoms with E-state index in [2.05, 4.69) is 0 Å². The number of carboxylic acids is 1. The minimum atomic E-state index is -3.69. The maximum atomic E-state index is 13.2. The van der Waals surface area contributed by atoms with Crippen LogP contribution in [0.1, 0.15) is 44.9 Å². The molecule has 0 spiro atoms. The number of carbonyl (C=O) groups is 2. The van der Waals surface area contributed by atoms with Gasteiger partial charge in [-0.2, -0.15) is 4.31 Å². The van der Waals surface area contributed by atoms with Crippen molar-refractivity contribution < 1.29 is 23.1 Å². The highest BCUT2D eigenvalue weighted by Gasteiger charge is 2.41. The summed E-state index contributed by atoms with van der Waals surface area (Å²) in [6.07, 6.45) is 6.27. The molecule has 0 aliphatic carbocycles. The van der Waals surface area contributed by atoms with Gasteiger partial charge in [0.15, 0.2) is 0 Å². The number of anilines is 2. The molecule has 0 radical (unpaired) electrons. The van der Waals surface area contributed by atoms with Gasteiger partial charge in [0.05, 0.1) is 16.3 Å². The van der Waals surface area contributed by atoms with Crippen LogP contribution < -0.4 is 9.80 Å². The molecule has 1 aromatic rings. The van der Waals surface area contributed by atoms with Gasteiger partial charge < -0.3 is 10.0 Å². The number of rotatable bonds is 4. The van der Waals surface area contributed by atoms with E-state index >= 15 is 0 Å². The molecule has 8 nitrogen and oxygen atoms in total. The predicted molar refractivity (Wildman–Crippen MR) is 109 cm³/mol. The molecular formula is C20H27N3O5S. The number of aliphatic carboxylic acids is 1. The number of hydrogen-bond acceptors (Lipinski definition) is 5. The number of carboxylic acid groups (broad SMARTS) is 1. The molecule has 3 aliphatic heterocycles. The molecule has 0 bridgehead atoms. The molecule has 1 unspecified atom stereocenters. The average Bonchev–Trinajstić information content (AvgIpc) is 3.00. The smallest absolute Gasteiger partial charge is 0.323 e. The number of fused-ring (bicyclic) bond motifs is 3. The summed E-state index contributed by atoms with van der Waals surface area (Å²) in [5.41, 5.74) is 1.12. The summed E-state index contributed by atoms with van der Waals surface area (Å²) in [7, 11) is -3.69. The van der Waals surface area contributed by atoms with Crippen molar-refractivity contribution >= 4 is 33.3 Å². The fourth-order valence-corrected chi connectivity index (χ4v) is 6.17. The molecule has 3 heterocycles. The zero-order chi connectivity index (χ0) is 20.6. The summed E-state index contributed by atoms with van der Waals surface area (Å²) in [4.78, 5) is 27.8. The van der Waals surface area contributed by atoms with Gasteiger partial charge in [-0.1, -0.05) is 12.8 Å². The third-order valence-electron chi connectivity index (χ3n) is 6.10. The topological polar surface area (TPSA) is 98.2 Å². The monoisotopic (exact) mass is 421 g/mol. The number of piperidine rings is 1. The molecule has 29 heavy (non-hydrogen) atoms. The number of amides is 1. The molecule has 1 amide bonds. The molecule has 0 saturated carbocycles. The lowest BCUT2D eigenvalue weighted by molar-refractivity contribution is -0.137. The van der Waals surface area contributed by atoms with Gasteiger partial charge in [0, 0.05) is 19.6 Å². The molecule has 1 atom stereocenters. The third-order valence-corrected chi connectivity index (χ3v) is 7.99. The normalized spacial score (nSPS) is 23.3. The zero-order valence-electron chi connectivity index (χ0n) is 16.4. The van der Waals surface area contributed by atoms with Crippen LogP contribution in [-0.4, -0.2) is 61.9 Å². The van der Waals surface area contributed by atoms with Crippen molar-refractivity contribution in [3.63, 3.8) is 0 Å². The van der Waals surface area contributed by atoms with E-state index in [1.165, 1.54) is 15.3 Å². The molecule has 1 aromatic carbocycles. The van der Waals surface area contributed by atoms with E-state index in [4.69, 9.17) is 0 Å². The molecule has 4 rings (SSSR count). The van der Waals surface area contributed by atoms with Crippen LogP contribution in [0.3, 0.4) is 0 Å². The van der Waals surface area contributed by atoms with E-state index in [1.807, 2.05) is 4.90 Å². The first-order chi connectivity index (χ1) is 13.9. The van der Waals surface area contributed by atoms with Gasteiger partial charge in [-0.15, -0.1) is 0 Å². The van der Waals surface area contributed by atoms with Crippen molar-refractivity contribution in [3.05, 3.63) is 18.2 Å². The average molecular weight is 422 g/mol. The van der Waals surface area contributed by atoms with Crippen molar-refractivity contribution in [2.75, 3.05) is 36.0 Å². The van der Waals surface area contributed by atoms with E-state index in [1.54, 1.807) is 12.1 Å². The molecule has 1 N–H and O–H groups in total. The minimum absolute atomic E-state index is 0.122. The van der Waals surface area contributed by atoms with Gasteiger partial charge in [0.1, 0.15) is 12.6 Å². The largest absolute Gasteiger partial charge is 0.480 e. The van der Waals surface area contributed by atoms with Crippen LogP contribution in [0.5, 0.6) is 0 Å². The van der Waals surface area contributed by atoms with Gasteiger partial charge >= 0.3 is 5.97 Å². The number of hydrogen-bond donors (Lipinski definition) is 1. The fraction of sp³-hybridized carbons (Fsp3) is 0.600. The van der Waals surface area contributed by atoms with Gasteiger partial charge in [0.25, 0.3) is 0 Å². The molecule has 2 saturated heterocycles. The number of carbonyl (C=O) groups excluding carboxylic acids is 1. The summed E-state index contributed by atoms with van der Waals surface area (Å²) in [5.74, 6) is -1.38. The fourth-order valence-electron chi connectivity index (χ4n) is 4.63. The maximum absolute atomic E-state index is 13.2. The van der Waals surface area contributed by atoms with Gasteiger partial charge in [0.2, 0.25) is 15.9 Å². The maximum Gasteiger partial charge on any atom is 0.323 e. The third kappa shape index (κ3) is 3.73. The Morgan fingerprint density at radius 2 is 1.69 bits per heavy atom. The lowest BCUT2D eigenvalue weighted by atomic mass is 9.96. The van der Waals surface area contributed by atoms with Crippen molar-refractivity contribution in [2.45, 2.75) is 55.9 Å². The predicted octanol–water partition coefficient (Wildman–Crippen LogP) is 2.04. The van der Waals surface area contributed by atoms with Crippen LogP contribution in [-0.2, 0) is 19.6 Å². The quantitative estimate of drug-likeness (QED) is 0.799. The summed E-state index contributed by atoms with van der Waals surface area (Å²) in [6, 6.07) is 4.45. The van der Waals surface area contributed by atoms with Gasteiger partial charge in [-0.3, -0.25) is 14.5 Å². The number of nitrogens with zero attached hydrogens (tertiary/aromatic N) is 3. The van der Waals surface area contributed by atoms with Crippen LogP contribution in [0, 0.1) is 0 Å². The van der Waals surface area contributed by atoms with Crippen molar-refractivity contribution in [3.8, 4) is 0 Å². The van der Waals surface area contributed by atoms with E-state index in [-0.39, 0.29) is 16.8 Å². The van der Waals surface area contributed by atoms with Gasteiger partial charge in [-0.25, -0.2) is 8.42 Å². The summed E-state index contributed by atoms with van der Waals surface area (Å²) in [6.45, 7) is 1.22. The molecule has 0 aromatic heterocycles. The van der Waals surface area contributed by atoms with Crippen molar-refractivity contribution in [1.82, 2.24) is 4.31 Å². The Bertz CT molecular complexity index is 909. The molecule has 158 valence electrons. The Hall–Kier alpha value is -2.13. The summed E-state index contributed by atoms with van der Waals surface area (Å²) >= 11 is 0. The number of sulfonamides is 1. The Kier molecular flexibility index (Phi) is 5.52. The molecule has 3 aliphatic rings. The minimum Gasteiger partial charge on any atom is -0.480 e. The lowest BCUT2D eigenvalue weighted by Crippen LogP contribution is -2.56. The van der Waals surface area contributed by atoms with E-state index in [0.29, 0.717) is 31.7 Å². The van der Waals surface area contributed by atoms with Crippen molar-refractivity contribution in [1.29, 1.82) is 0 Å². The first kappa shape index (κ1) is 20.2. The second kappa shape index (κ2) is 7.95. The second-order valence-electron chi connectivity index (χ2n) is 7.99. The van der Waals surface area contributed by atoms with Crippen molar-refractivity contribution in [2.24, 2.45) is 0 Å². The molecule has 2 fully saturated rings. The first-order valence-electron chi connectivity index (χ1n) is 10.3. The Labute approximate surface area is 171 Å². The van der Waals surface area contributed by atoms with E-state index < -0.39 is 22.5 Å². The highest BCUT2D eigenvalue weighted by atomic mass is 32.2. The van der Waals surface area contributed by atoms with Gasteiger partial charge in [-0.05, 0) is 50.3 Å². The second-order valence-corrected chi connectivity index (χ2v) is 9.93.